The van der Waals surface area contributed by atoms with Crippen molar-refractivity contribution in [3.05, 3.63) is 53.3 Å². The maximum atomic E-state index is 13.9. The number of esters is 1. The topological polar surface area (TPSA) is 102 Å². The number of hydrogen-bond acceptors (Lipinski definition) is 6. The Morgan fingerprint density at radius 2 is 1.90 bits per heavy atom. The van der Waals surface area contributed by atoms with Crippen LogP contribution in [-0.4, -0.2) is 38.9 Å². The number of anilines is 2. The van der Waals surface area contributed by atoms with E-state index in [0.29, 0.717) is 5.75 Å². The predicted octanol–water partition coefficient (Wildman–Crippen LogP) is 3.51. The van der Waals surface area contributed by atoms with Crippen LogP contribution in [0.3, 0.4) is 0 Å². The number of nitrogens with one attached hydrogen (secondary N) is 2. The van der Waals surface area contributed by atoms with Crippen molar-refractivity contribution < 1.29 is 27.1 Å². The van der Waals surface area contributed by atoms with Gasteiger partial charge in [-0.1, -0.05) is 23.7 Å². The Hall–Kier alpha value is -2.30. The SMILES string of the molecule is COC(=O)CSCCC(=O)Nc1cc(Cl)ccc1NS(=O)(=O)c1ccccc1F. The number of carbonyl (C=O) groups excluding carboxylic acids is 2. The molecule has 11 heteroatoms. The van der Waals surface area contributed by atoms with E-state index in [9.17, 15) is 22.4 Å². The molecule has 0 aliphatic heterocycles. The normalized spacial score (nSPS) is 11.0. The van der Waals surface area contributed by atoms with Crippen LogP contribution in [0.15, 0.2) is 47.4 Å². The Morgan fingerprint density at radius 1 is 1.17 bits per heavy atom. The summed E-state index contributed by atoms with van der Waals surface area (Å²) in [6, 6.07) is 9.11. The molecule has 156 valence electrons. The zero-order valence-electron chi connectivity index (χ0n) is 15.3. The highest BCUT2D eigenvalue weighted by atomic mass is 35.5. The number of ether oxygens (including phenoxy) is 1. The van der Waals surface area contributed by atoms with Crippen molar-refractivity contribution in [2.24, 2.45) is 0 Å². The first-order chi connectivity index (χ1) is 13.7. The summed E-state index contributed by atoms with van der Waals surface area (Å²) in [4.78, 5) is 22.7. The van der Waals surface area contributed by atoms with E-state index in [1.54, 1.807) is 0 Å². The molecule has 0 unspecified atom stereocenters. The molecule has 0 radical (unpaired) electrons. The van der Waals surface area contributed by atoms with Gasteiger partial charge in [0, 0.05) is 17.2 Å². The van der Waals surface area contributed by atoms with Gasteiger partial charge in [-0.25, -0.2) is 12.8 Å². The zero-order chi connectivity index (χ0) is 21.4. The number of rotatable bonds is 9. The number of hydrogen-bond donors (Lipinski definition) is 2. The molecule has 0 saturated carbocycles. The van der Waals surface area contributed by atoms with E-state index in [0.717, 1.165) is 12.1 Å². The van der Waals surface area contributed by atoms with Gasteiger partial charge in [0.25, 0.3) is 10.0 Å². The third-order valence-corrected chi connectivity index (χ3v) is 6.11. The molecule has 2 N–H and O–H groups in total. The number of halogens is 2. The average molecular weight is 461 g/mol. The van der Waals surface area contributed by atoms with Crippen molar-refractivity contribution in [3.8, 4) is 0 Å². The molecule has 1 amide bonds. The maximum Gasteiger partial charge on any atom is 0.315 e. The number of carbonyl (C=O) groups is 2. The molecule has 0 atom stereocenters. The van der Waals surface area contributed by atoms with E-state index in [2.05, 4.69) is 14.8 Å². The van der Waals surface area contributed by atoms with Crippen molar-refractivity contribution in [1.82, 2.24) is 0 Å². The van der Waals surface area contributed by atoms with Gasteiger partial charge in [0.15, 0.2) is 0 Å². The highest BCUT2D eigenvalue weighted by Crippen LogP contribution is 2.29. The van der Waals surface area contributed by atoms with Crippen LogP contribution < -0.4 is 10.0 Å². The van der Waals surface area contributed by atoms with Crippen LogP contribution in [-0.2, 0) is 24.3 Å². The molecule has 0 spiro atoms. The molecule has 7 nitrogen and oxygen atoms in total. The van der Waals surface area contributed by atoms with Gasteiger partial charge in [0.05, 0.1) is 24.2 Å². The maximum absolute atomic E-state index is 13.9. The number of methoxy groups -OCH3 is 1. The first-order valence-electron chi connectivity index (χ1n) is 8.24. The Labute approximate surface area is 177 Å². The highest BCUT2D eigenvalue weighted by molar-refractivity contribution is 7.99. The molecule has 0 aliphatic rings. The third kappa shape index (κ3) is 6.91. The van der Waals surface area contributed by atoms with Crippen LogP contribution in [0.1, 0.15) is 6.42 Å². The summed E-state index contributed by atoms with van der Waals surface area (Å²) < 4.78 is 45.6. The lowest BCUT2D eigenvalue weighted by Crippen LogP contribution is -2.18. The van der Waals surface area contributed by atoms with Crippen LogP contribution in [0.5, 0.6) is 0 Å². The van der Waals surface area contributed by atoms with Crippen LogP contribution in [0.25, 0.3) is 0 Å². The van der Waals surface area contributed by atoms with Gasteiger partial charge >= 0.3 is 5.97 Å². The lowest BCUT2D eigenvalue weighted by molar-refractivity contribution is -0.137. The third-order valence-electron chi connectivity index (χ3n) is 3.55. The summed E-state index contributed by atoms with van der Waals surface area (Å²) >= 11 is 7.17. The molecule has 0 fully saturated rings. The van der Waals surface area contributed by atoms with Crippen molar-refractivity contribution >= 4 is 56.6 Å². The highest BCUT2D eigenvalue weighted by Gasteiger charge is 2.20. The first kappa shape index (κ1) is 23.0. The molecule has 0 heterocycles. The zero-order valence-corrected chi connectivity index (χ0v) is 17.7. The predicted molar refractivity (Wildman–Crippen MR) is 111 cm³/mol. The van der Waals surface area contributed by atoms with E-state index in [1.807, 2.05) is 0 Å². The van der Waals surface area contributed by atoms with Gasteiger partial charge in [0.1, 0.15) is 10.7 Å². The Balaban J connectivity index is 2.10. The summed E-state index contributed by atoms with van der Waals surface area (Å²) in [6.07, 6.45) is 0.0771. The van der Waals surface area contributed by atoms with E-state index < -0.39 is 32.6 Å². The van der Waals surface area contributed by atoms with Gasteiger partial charge in [-0.15, -0.1) is 11.8 Å². The average Bonchev–Trinajstić information content (AvgIpc) is 2.67. The molecule has 0 bridgehead atoms. The van der Waals surface area contributed by atoms with Crippen LogP contribution in [0.2, 0.25) is 5.02 Å². The van der Waals surface area contributed by atoms with Crippen molar-refractivity contribution in [1.29, 1.82) is 0 Å². The summed E-state index contributed by atoms with van der Waals surface area (Å²) in [5.41, 5.74) is 0.161. The van der Waals surface area contributed by atoms with Crippen molar-refractivity contribution in [2.75, 3.05) is 28.7 Å². The van der Waals surface area contributed by atoms with Gasteiger partial charge in [0.2, 0.25) is 5.91 Å². The van der Waals surface area contributed by atoms with Gasteiger partial charge in [-0.3, -0.25) is 14.3 Å². The molecular formula is C18H18ClFN2O5S2. The lowest BCUT2D eigenvalue weighted by atomic mass is 10.2. The summed E-state index contributed by atoms with van der Waals surface area (Å²) in [5.74, 6) is -1.22. The molecule has 0 saturated heterocycles. The summed E-state index contributed by atoms with van der Waals surface area (Å²) in [6.45, 7) is 0. The van der Waals surface area contributed by atoms with Gasteiger partial charge in [-0.05, 0) is 30.3 Å². The summed E-state index contributed by atoms with van der Waals surface area (Å²) in [5, 5.41) is 2.84. The van der Waals surface area contributed by atoms with Crippen LogP contribution in [0, 0.1) is 5.82 Å². The second-order valence-electron chi connectivity index (χ2n) is 5.65. The summed E-state index contributed by atoms with van der Waals surface area (Å²) in [7, 11) is -2.95. The molecule has 2 aromatic carbocycles. The molecular weight excluding hydrogens is 443 g/mol. The van der Waals surface area contributed by atoms with Crippen molar-refractivity contribution in [2.45, 2.75) is 11.3 Å². The number of thioether (sulfide) groups is 1. The minimum absolute atomic E-state index is 0.0354. The van der Waals surface area contributed by atoms with Gasteiger partial charge < -0.3 is 10.1 Å². The minimum Gasteiger partial charge on any atom is -0.468 e. The second kappa shape index (κ2) is 10.5. The first-order valence-corrected chi connectivity index (χ1v) is 11.3. The molecule has 0 aromatic heterocycles. The Morgan fingerprint density at radius 3 is 2.59 bits per heavy atom. The number of amides is 1. The fourth-order valence-electron chi connectivity index (χ4n) is 2.16. The Kier molecular flexibility index (Phi) is 8.30. The monoisotopic (exact) mass is 460 g/mol. The van der Waals surface area contributed by atoms with E-state index in [4.69, 9.17) is 11.6 Å². The number of benzene rings is 2. The standard InChI is InChI=1S/C18H18ClFN2O5S2/c1-27-18(24)11-28-9-8-17(23)21-15-10-12(19)6-7-14(15)22-29(25,26)16-5-3-2-4-13(16)20/h2-7,10,22H,8-9,11H2,1H3,(H,21,23). The molecule has 0 aliphatic carbocycles. The quantitative estimate of drug-likeness (QED) is 0.438. The van der Waals surface area contributed by atoms with Gasteiger partial charge in [-0.2, -0.15) is 0 Å². The van der Waals surface area contributed by atoms with Crippen molar-refractivity contribution in [3.63, 3.8) is 0 Å². The second-order valence-corrected chi connectivity index (χ2v) is 8.85. The smallest absolute Gasteiger partial charge is 0.315 e. The van der Waals surface area contributed by atoms with Crippen LogP contribution >= 0.6 is 23.4 Å². The van der Waals surface area contributed by atoms with E-state index >= 15 is 0 Å². The molecule has 2 aromatic rings. The number of sulfonamides is 1. The fraction of sp³-hybridized carbons (Fsp3) is 0.222. The van der Waals surface area contributed by atoms with Crippen LogP contribution in [0.4, 0.5) is 15.8 Å². The van der Waals surface area contributed by atoms with E-state index in [-0.39, 0.29) is 28.6 Å². The largest absolute Gasteiger partial charge is 0.468 e. The lowest BCUT2D eigenvalue weighted by Gasteiger charge is -2.14. The minimum atomic E-state index is -4.22. The molecule has 29 heavy (non-hydrogen) atoms. The molecule has 2 rings (SSSR count). The van der Waals surface area contributed by atoms with E-state index in [1.165, 1.54) is 49.2 Å². The Bertz CT molecular complexity index is 1000. The fourth-order valence-corrected chi connectivity index (χ4v) is 4.25.